The van der Waals surface area contributed by atoms with E-state index in [1.165, 1.54) is 28.4 Å². The van der Waals surface area contributed by atoms with Crippen LogP contribution in [0, 0.1) is 0 Å². The van der Waals surface area contributed by atoms with Crippen molar-refractivity contribution in [1.29, 1.82) is 0 Å². The highest BCUT2D eigenvalue weighted by Crippen LogP contribution is 2.33. The van der Waals surface area contributed by atoms with Gasteiger partial charge in [0.05, 0.1) is 22.1 Å². The van der Waals surface area contributed by atoms with Crippen LogP contribution in [0.2, 0.25) is 0 Å². The van der Waals surface area contributed by atoms with Crippen molar-refractivity contribution in [1.82, 2.24) is 14.5 Å². The van der Waals surface area contributed by atoms with Crippen LogP contribution in [0.3, 0.4) is 0 Å². The number of thiazole rings is 1. The van der Waals surface area contributed by atoms with Crippen LogP contribution in [0.5, 0.6) is 0 Å². The van der Waals surface area contributed by atoms with Crippen LogP contribution in [0.1, 0.15) is 34.8 Å². The van der Waals surface area contributed by atoms with Gasteiger partial charge in [-0.2, -0.15) is 13.2 Å². The molecule has 2 aromatic heterocycles. The fourth-order valence-corrected chi connectivity index (χ4v) is 4.44. The Balaban J connectivity index is 1.66. The van der Waals surface area contributed by atoms with E-state index in [0.29, 0.717) is 24.6 Å². The number of fused-ring (bicyclic) bond motifs is 1. The van der Waals surface area contributed by atoms with Crippen molar-refractivity contribution in [3.05, 3.63) is 77.9 Å². The second-order valence-electron chi connectivity index (χ2n) is 7.34. The number of benzene rings is 2. The number of aromatic nitrogens is 3. The van der Waals surface area contributed by atoms with Crippen molar-refractivity contribution in [3.8, 4) is 0 Å². The summed E-state index contributed by atoms with van der Waals surface area (Å²) >= 11 is 1.37. The predicted octanol–water partition coefficient (Wildman–Crippen LogP) is 5.81. The van der Waals surface area contributed by atoms with E-state index in [-0.39, 0.29) is 5.56 Å². The molecule has 0 N–H and O–H groups in total. The molecule has 0 atom stereocenters. The maximum atomic E-state index is 13.3. The zero-order valence-electron chi connectivity index (χ0n) is 17.3. The number of carbonyl (C=O) groups is 1. The number of halogens is 3. The van der Waals surface area contributed by atoms with Crippen LogP contribution in [0.15, 0.2) is 61.2 Å². The SMILES string of the molecule is CCc1ccc2nc(N(CCCn3ccnc3)C(=O)c3cccc(C(F)(F)F)c3)sc2c1. The Labute approximate surface area is 187 Å². The molecule has 0 radical (unpaired) electrons. The lowest BCUT2D eigenvalue weighted by molar-refractivity contribution is -0.137. The molecule has 2 heterocycles. The number of nitrogens with zero attached hydrogens (tertiary/aromatic N) is 4. The highest BCUT2D eigenvalue weighted by atomic mass is 32.1. The van der Waals surface area contributed by atoms with Gasteiger partial charge in [-0.3, -0.25) is 9.69 Å². The Bertz CT molecular complexity index is 1220. The highest BCUT2D eigenvalue weighted by Gasteiger charge is 2.31. The molecular weight excluding hydrogens is 437 g/mol. The number of rotatable bonds is 7. The minimum absolute atomic E-state index is 0.0176. The molecule has 0 bridgehead atoms. The quantitative estimate of drug-likeness (QED) is 0.351. The zero-order valence-corrected chi connectivity index (χ0v) is 18.2. The number of alkyl halides is 3. The van der Waals surface area contributed by atoms with Crippen molar-refractivity contribution in [2.24, 2.45) is 0 Å². The van der Waals surface area contributed by atoms with E-state index in [1.807, 2.05) is 29.0 Å². The zero-order chi connectivity index (χ0) is 22.7. The van der Waals surface area contributed by atoms with Crippen LogP contribution in [0.25, 0.3) is 10.2 Å². The van der Waals surface area contributed by atoms with Gasteiger partial charge in [0.2, 0.25) is 0 Å². The Kier molecular flexibility index (Phi) is 6.27. The van der Waals surface area contributed by atoms with Crippen molar-refractivity contribution in [2.75, 3.05) is 11.4 Å². The monoisotopic (exact) mass is 458 g/mol. The Morgan fingerprint density at radius 2 is 2.03 bits per heavy atom. The predicted molar refractivity (Wildman–Crippen MR) is 119 cm³/mol. The minimum atomic E-state index is -4.52. The van der Waals surface area contributed by atoms with E-state index in [9.17, 15) is 18.0 Å². The van der Waals surface area contributed by atoms with Crippen LogP contribution in [0.4, 0.5) is 18.3 Å². The van der Waals surface area contributed by atoms with Gasteiger partial charge in [0, 0.05) is 31.0 Å². The van der Waals surface area contributed by atoms with Crippen molar-refractivity contribution in [2.45, 2.75) is 32.5 Å². The normalized spacial score (nSPS) is 11.8. The first-order valence-electron chi connectivity index (χ1n) is 10.2. The van der Waals surface area contributed by atoms with Crippen LogP contribution in [-0.2, 0) is 19.1 Å². The van der Waals surface area contributed by atoms with Gasteiger partial charge in [-0.1, -0.05) is 30.4 Å². The summed E-state index contributed by atoms with van der Waals surface area (Å²) in [4.78, 5) is 23.4. The molecule has 5 nitrogen and oxygen atoms in total. The van der Waals surface area contributed by atoms with Gasteiger partial charge >= 0.3 is 6.18 Å². The number of carbonyl (C=O) groups excluding carboxylic acids is 1. The summed E-state index contributed by atoms with van der Waals surface area (Å²) in [6, 6.07) is 10.5. The summed E-state index contributed by atoms with van der Waals surface area (Å²) in [7, 11) is 0. The molecule has 0 saturated carbocycles. The molecule has 4 rings (SSSR count). The fraction of sp³-hybridized carbons (Fsp3) is 0.261. The molecule has 0 spiro atoms. The van der Waals surface area contributed by atoms with E-state index in [2.05, 4.69) is 16.9 Å². The molecule has 0 saturated heterocycles. The summed E-state index contributed by atoms with van der Waals surface area (Å²) in [6.07, 6.45) is 2.13. The Morgan fingerprint density at radius 1 is 1.19 bits per heavy atom. The van der Waals surface area contributed by atoms with E-state index < -0.39 is 17.6 Å². The summed E-state index contributed by atoms with van der Waals surface area (Å²) in [5.74, 6) is -0.503. The summed E-state index contributed by atoms with van der Waals surface area (Å²) in [5.41, 5.74) is 1.05. The number of hydrogen-bond donors (Lipinski definition) is 0. The molecular formula is C23H21F3N4OS. The van der Waals surface area contributed by atoms with Crippen LogP contribution < -0.4 is 4.90 Å². The van der Waals surface area contributed by atoms with E-state index >= 15 is 0 Å². The Morgan fingerprint density at radius 3 is 2.75 bits per heavy atom. The lowest BCUT2D eigenvalue weighted by atomic mass is 10.1. The van der Waals surface area contributed by atoms with Crippen molar-refractivity contribution >= 4 is 32.6 Å². The average Bonchev–Trinajstić information content (AvgIpc) is 3.45. The first kappa shape index (κ1) is 22.0. The molecule has 0 aliphatic carbocycles. The van der Waals surface area contributed by atoms with Crippen molar-refractivity contribution < 1.29 is 18.0 Å². The van der Waals surface area contributed by atoms with Gasteiger partial charge in [0.25, 0.3) is 5.91 Å². The van der Waals surface area contributed by atoms with Gasteiger partial charge in [0.15, 0.2) is 5.13 Å². The molecule has 2 aromatic carbocycles. The third kappa shape index (κ3) is 4.83. The number of anilines is 1. The van der Waals surface area contributed by atoms with Gasteiger partial charge in [-0.05, 0) is 48.7 Å². The third-order valence-corrected chi connectivity index (χ3v) is 6.16. The molecule has 0 aliphatic heterocycles. The first-order valence-corrected chi connectivity index (χ1v) is 11.0. The van der Waals surface area contributed by atoms with Gasteiger partial charge in [0.1, 0.15) is 0 Å². The highest BCUT2D eigenvalue weighted by molar-refractivity contribution is 7.22. The number of amides is 1. The van der Waals surface area contributed by atoms with E-state index in [1.54, 1.807) is 12.5 Å². The number of imidazole rings is 1. The molecule has 4 aromatic rings. The average molecular weight is 459 g/mol. The molecule has 0 unspecified atom stereocenters. The third-order valence-electron chi connectivity index (χ3n) is 5.12. The standard InChI is InChI=1S/C23H21F3N4OS/c1-2-16-7-8-19-20(13-16)32-22(28-19)30(11-4-10-29-12-9-27-15-29)21(31)17-5-3-6-18(14-17)23(24,25)26/h3,5-9,12-15H,2,4,10-11H2,1H3. The molecule has 9 heteroatoms. The van der Waals surface area contributed by atoms with Gasteiger partial charge < -0.3 is 4.57 Å². The number of hydrogen-bond acceptors (Lipinski definition) is 4. The lowest BCUT2D eigenvalue weighted by Gasteiger charge is -2.20. The second-order valence-corrected chi connectivity index (χ2v) is 8.35. The molecule has 0 aliphatic rings. The van der Waals surface area contributed by atoms with Gasteiger partial charge in [-0.15, -0.1) is 0 Å². The number of aryl methyl sites for hydroxylation is 2. The van der Waals surface area contributed by atoms with E-state index in [4.69, 9.17) is 0 Å². The topological polar surface area (TPSA) is 51.0 Å². The smallest absolute Gasteiger partial charge is 0.337 e. The summed E-state index contributed by atoms with van der Waals surface area (Å²) in [5, 5.41) is 0.473. The lowest BCUT2D eigenvalue weighted by Crippen LogP contribution is -2.32. The maximum absolute atomic E-state index is 13.3. The second kappa shape index (κ2) is 9.12. The summed E-state index contributed by atoms with van der Waals surface area (Å²) in [6.45, 7) is 2.99. The summed E-state index contributed by atoms with van der Waals surface area (Å²) < 4.78 is 42.4. The fourth-order valence-electron chi connectivity index (χ4n) is 3.39. The van der Waals surface area contributed by atoms with Crippen molar-refractivity contribution in [3.63, 3.8) is 0 Å². The van der Waals surface area contributed by atoms with Gasteiger partial charge in [-0.25, -0.2) is 9.97 Å². The first-order chi connectivity index (χ1) is 15.3. The largest absolute Gasteiger partial charge is 0.416 e. The molecule has 166 valence electrons. The maximum Gasteiger partial charge on any atom is 0.416 e. The molecule has 32 heavy (non-hydrogen) atoms. The minimum Gasteiger partial charge on any atom is -0.337 e. The van der Waals surface area contributed by atoms with E-state index in [0.717, 1.165) is 34.3 Å². The molecule has 0 fully saturated rings. The van der Waals surface area contributed by atoms with Crippen LogP contribution >= 0.6 is 11.3 Å². The van der Waals surface area contributed by atoms with Crippen LogP contribution in [-0.4, -0.2) is 27.0 Å². The Hall–Kier alpha value is -3.20. The molecule has 1 amide bonds.